The Kier molecular flexibility index (Phi) is 7.45. The molecule has 7 heteroatoms. The van der Waals surface area contributed by atoms with Crippen LogP contribution in [-0.2, 0) is 9.53 Å². The largest absolute Gasteiger partial charge is 0.488 e. The molecule has 1 heterocycles. The Morgan fingerprint density at radius 3 is 2.96 bits per heavy atom. The van der Waals surface area contributed by atoms with Crippen LogP contribution in [0, 0.1) is 0 Å². The third-order valence-corrected chi connectivity index (χ3v) is 5.23. The zero-order valence-corrected chi connectivity index (χ0v) is 16.6. The number of ether oxygens (including phenoxy) is 2. The van der Waals surface area contributed by atoms with E-state index in [9.17, 15) is 4.79 Å². The van der Waals surface area contributed by atoms with E-state index in [1.165, 1.54) is 11.3 Å². The van der Waals surface area contributed by atoms with Gasteiger partial charge in [-0.2, -0.15) is 0 Å². The highest BCUT2D eigenvalue weighted by Gasteiger charge is 2.16. The molecule has 0 spiro atoms. The first-order valence-corrected chi connectivity index (χ1v) is 9.77. The number of amides is 1. The number of aromatic nitrogens is 1. The standard InChI is InChI=1S/C17H23BrN2O3S/c1-4-5-6-13(18)16(21)20-17-19-14-8-7-12(9-15(14)24-17)23-11(2)10-22-3/h7-9,11,13H,4-6,10H2,1-3H3,(H,19,20,21)/t11-,13+/m1/s1. The summed E-state index contributed by atoms with van der Waals surface area (Å²) in [5.41, 5.74) is 0.849. The Bertz CT molecular complexity index is 677. The van der Waals surface area contributed by atoms with E-state index < -0.39 is 0 Å². The van der Waals surface area contributed by atoms with Gasteiger partial charge in [0.15, 0.2) is 5.13 Å². The quantitative estimate of drug-likeness (QED) is 0.608. The van der Waals surface area contributed by atoms with Crippen LogP contribution in [-0.4, -0.2) is 35.5 Å². The summed E-state index contributed by atoms with van der Waals surface area (Å²) in [6, 6.07) is 5.73. The first-order chi connectivity index (χ1) is 11.5. The van der Waals surface area contributed by atoms with Gasteiger partial charge in [0, 0.05) is 7.11 Å². The van der Waals surface area contributed by atoms with Crippen molar-refractivity contribution in [3.63, 3.8) is 0 Å². The van der Waals surface area contributed by atoms with Gasteiger partial charge < -0.3 is 14.8 Å². The maximum absolute atomic E-state index is 12.1. The number of unbranched alkanes of at least 4 members (excludes halogenated alkanes) is 1. The van der Waals surface area contributed by atoms with Crippen LogP contribution in [0.3, 0.4) is 0 Å². The zero-order valence-electron chi connectivity index (χ0n) is 14.2. The summed E-state index contributed by atoms with van der Waals surface area (Å²) in [7, 11) is 1.65. The van der Waals surface area contributed by atoms with Crippen LogP contribution in [0.2, 0.25) is 0 Å². The fourth-order valence-electron chi connectivity index (χ4n) is 2.23. The number of hydrogen-bond donors (Lipinski definition) is 1. The molecule has 1 aromatic carbocycles. The Balaban J connectivity index is 2.04. The van der Waals surface area contributed by atoms with Crippen molar-refractivity contribution in [3.8, 4) is 5.75 Å². The molecule has 2 aromatic rings. The number of nitrogens with zero attached hydrogens (tertiary/aromatic N) is 1. The lowest BCUT2D eigenvalue weighted by Gasteiger charge is -2.13. The molecule has 1 aromatic heterocycles. The number of methoxy groups -OCH3 is 1. The number of fused-ring (bicyclic) bond motifs is 1. The van der Waals surface area contributed by atoms with Gasteiger partial charge in [-0.3, -0.25) is 4.79 Å². The van der Waals surface area contributed by atoms with Gasteiger partial charge in [-0.1, -0.05) is 47.0 Å². The second-order valence-electron chi connectivity index (χ2n) is 5.63. The van der Waals surface area contributed by atoms with E-state index in [0.717, 1.165) is 35.2 Å². The van der Waals surface area contributed by atoms with Gasteiger partial charge in [-0.15, -0.1) is 0 Å². The van der Waals surface area contributed by atoms with Gasteiger partial charge in [0.05, 0.1) is 21.7 Å². The molecule has 0 radical (unpaired) electrons. The van der Waals surface area contributed by atoms with Crippen molar-refractivity contribution in [1.82, 2.24) is 4.98 Å². The third-order valence-electron chi connectivity index (χ3n) is 3.42. The SMILES string of the molecule is CCCC[C@H](Br)C(=O)Nc1nc2ccc(O[C@H](C)COC)cc2s1. The fourth-order valence-corrected chi connectivity index (χ4v) is 3.57. The number of alkyl halides is 1. The molecular weight excluding hydrogens is 392 g/mol. The summed E-state index contributed by atoms with van der Waals surface area (Å²) in [5.74, 6) is 0.725. The first-order valence-electron chi connectivity index (χ1n) is 8.04. The topological polar surface area (TPSA) is 60.5 Å². The summed E-state index contributed by atoms with van der Waals surface area (Å²) >= 11 is 4.88. The van der Waals surface area contributed by atoms with Crippen LogP contribution in [0.25, 0.3) is 10.2 Å². The lowest BCUT2D eigenvalue weighted by Crippen LogP contribution is -2.22. The van der Waals surface area contributed by atoms with E-state index in [1.807, 2.05) is 25.1 Å². The van der Waals surface area contributed by atoms with Gasteiger partial charge in [0.1, 0.15) is 11.9 Å². The predicted octanol–water partition coefficient (Wildman–Crippen LogP) is 4.60. The minimum Gasteiger partial charge on any atom is -0.488 e. The maximum Gasteiger partial charge on any atom is 0.239 e. The molecule has 132 valence electrons. The zero-order chi connectivity index (χ0) is 17.5. The van der Waals surface area contributed by atoms with Crippen molar-refractivity contribution in [2.24, 2.45) is 0 Å². The summed E-state index contributed by atoms with van der Waals surface area (Å²) in [6.45, 7) is 4.60. The highest BCUT2D eigenvalue weighted by Crippen LogP contribution is 2.30. The molecule has 0 bridgehead atoms. The van der Waals surface area contributed by atoms with Crippen molar-refractivity contribution < 1.29 is 14.3 Å². The van der Waals surface area contributed by atoms with Crippen LogP contribution < -0.4 is 10.1 Å². The lowest BCUT2D eigenvalue weighted by atomic mass is 10.2. The number of thiazole rings is 1. The summed E-state index contributed by atoms with van der Waals surface area (Å²) in [6.07, 6.45) is 2.89. The van der Waals surface area contributed by atoms with E-state index in [4.69, 9.17) is 9.47 Å². The normalized spacial score (nSPS) is 13.7. The van der Waals surface area contributed by atoms with E-state index in [0.29, 0.717) is 11.7 Å². The van der Waals surface area contributed by atoms with Gasteiger partial charge in [-0.25, -0.2) is 4.98 Å². The average Bonchev–Trinajstić information content (AvgIpc) is 2.94. The number of halogens is 1. The summed E-state index contributed by atoms with van der Waals surface area (Å²) in [4.78, 5) is 16.4. The Morgan fingerprint density at radius 1 is 1.46 bits per heavy atom. The van der Waals surface area contributed by atoms with Crippen molar-refractivity contribution in [2.45, 2.75) is 44.0 Å². The average molecular weight is 415 g/mol. The number of rotatable bonds is 9. The molecule has 0 aliphatic carbocycles. The lowest BCUT2D eigenvalue weighted by molar-refractivity contribution is -0.115. The minimum absolute atomic E-state index is 0.0211. The molecule has 0 saturated carbocycles. The Labute approximate surface area is 154 Å². The molecule has 1 N–H and O–H groups in total. The molecule has 1 amide bonds. The molecule has 0 unspecified atom stereocenters. The van der Waals surface area contributed by atoms with E-state index in [1.54, 1.807) is 7.11 Å². The van der Waals surface area contributed by atoms with E-state index in [-0.39, 0.29) is 16.8 Å². The maximum atomic E-state index is 12.1. The molecule has 2 rings (SSSR count). The van der Waals surface area contributed by atoms with Crippen LogP contribution in [0.1, 0.15) is 33.1 Å². The Morgan fingerprint density at radius 2 is 2.25 bits per heavy atom. The van der Waals surface area contributed by atoms with E-state index in [2.05, 4.69) is 33.2 Å². The van der Waals surface area contributed by atoms with Crippen molar-refractivity contribution in [1.29, 1.82) is 0 Å². The number of nitrogens with one attached hydrogen (secondary N) is 1. The first kappa shape index (κ1) is 19.1. The molecule has 0 aliphatic heterocycles. The van der Waals surface area contributed by atoms with Crippen molar-refractivity contribution >= 4 is 48.5 Å². The summed E-state index contributed by atoms with van der Waals surface area (Å²) in [5, 5.41) is 3.49. The molecule has 24 heavy (non-hydrogen) atoms. The minimum atomic E-state index is -0.182. The molecule has 5 nitrogen and oxygen atoms in total. The number of carbonyl (C=O) groups excluding carboxylic acids is 1. The van der Waals surface area contributed by atoms with Crippen LogP contribution >= 0.6 is 27.3 Å². The van der Waals surface area contributed by atoms with Gasteiger partial charge >= 0.3 is 0 Å². The summed E-state index contributed by atoms with van der Waals surface area (Å²) < 4.78 is 11.8. The van der Waals surface area contributed by atoms with Gasteiger partial charge in [0.2, 0.25) is 5.91 Å². The van der Waals surface area contributed by atoms with Crippen LogP contribution in [0.5, 0.6) is 5.75 Å². The predicted molar refractivity (Wildman–Crippen MR) is 102 cm³/mol. The van der Waals surface area contributed by atoms with E-state index >= 15 is 0 Å². The molecule has 0 saturated heterocycles. The van der Waals surface area contributed by atoms with Crippen molar-refractivity contribution in [3.05, 3.63) is 18.2 Å². The number of anilines is 1. The molecule has 0 aliphatic rings. The van der Waals surface area contributed by atoms with Crippen molar-refractivity contribution in [2.75, 3.05) is 19.0 Å². The highest BCUT2D eigenvalue weighted by atomic mass is 79.9. The number of carbonyl (C=O) groups is 1. The molecule has 0 fully saturated rings. The molecule has 2 atom stereocenters. The van der Waals surface area contributed by atoms with Gasteiger partial charge in [-0.05, 0) is 31.5 Å². The fraction of sp³-hybridized carbons (Fsp3) is 0.529. The second kappa shape index (κ2) is 9.34. The smallest absolute Gasteiger partial charge is 0.239 e. The Hall–Kier alpha value is -1.18. The van der Waals surface area contributed by atoms with Crippen LogP contribution in [0.4, 0.5) is 5.13 Å². The van der Waals surface area contributed by atoms with Crippen LogP contribution in [0.15, 0.2) is 18.2 Å². The molecular formula is C17H23BrN2O3S. The second-order valence-corrected chi connectivity index (χ2v) is 7.77. The monoisotopic (exact) mass is 414 g/mol. The number of benzene rings is 1. The van der Waals surface area contributed by atoms with Gasteiger partial charge in [0.25, 0.3) is 0 Å². The number of hydrogen-bond acceptors (Lipinski definition) is 5. The highest BCUT2D eigenvalue weighted by molar-refractivity contribution is 9.10. The third kappa shape index (κ3) is 5.43.